The number of amides is 2. The number of rotatable bonds is 2. The quantitative estimate of drug-likeness (QED) is 0.540. The van der Waals surface area contributed by atoms with Crippen LogP contribution in [0, 0.1) is 0 Å². The lowest BCUT2D eigenvalue weighted by molar-refractivity contribution is 0.245. The number of primary amides is 1. The second kappa shape index (κ2) is 3.29. The molecule has 0 fully saturated rings. The second-order valence-corrected chi connectivity index (χ2v) is 1.82. The van der Waals surface area contributed by atoms with Crippen molar-refractivity contribution in [2.75, 3.05) is 0 Å². The Labute approximate surface area is 49.3 Å². The summed E-state index contributed by atoms with van der Waals surface area (Å²) in [6.07, 6.45) is 0.920. The first kappa shape index (κ1) is 7.27. The highest BCUT2D eigenvalue weighted by atomic mass is 16.2. The molecular formula is C5H12N2O. The molecule has 0 heterocycles. The smallest absolute Gasteiger partial charge is 0.312 e. The molecule has 0 radical (unpaired) electrons. The van der Waals surface area contributed by atoms with E-state index in [1.807, 2.05) is 13.8 Å². The molecule has 3 nitrogen and oxygen atoms in total. The molecule has 0 unspecified atom stereocenters. The zero-order valence-corrected chi connectivity index (χ0v) is 5.27. The van der Waals surface area contributed by atoms with E-state index in [1.54, 1.807) is 0 Å². The lowest BCUT2D eigenvalue weighted by atomic mass is 10.3. The van der Waals surface area contributed by atoms with Gasteiger partial charge in [0.15, 0.2) is 0 Å². The molecule has 3 heteroatoms. The first-order valence-corrected chi connectivity index (χ1v) is 2.72. The number of carbonyl (C=O) groups is 1. The third kappa shape index (κ3) is 3.46. The van der Waals surface area contributed by atoms with E-state index in [0.717, 1.165) is 6.42 Å². The Kier molecular flexibility index (Phi) is 2.99. The van der Waals surface area contributed by atoms with E-state index in [1.165, 1.54) is 0 Å². The summed E-state index contributed by atoms with van der Waals surface area (Å²) in [4.78, 5) is 10.1. The Balaban J connectivity index is 3.24. The molecule has 48 valence electrons. The number of nitrogens with two attached hydrogens (primary N) is 1. The van der Waals surface area contributed by atoms with Gasteiger partial charge in [0, 0.05) is 6.04 Å². The van der Waals surface area contributed by atoms with Crippen molar-refractivity contribution in [3.05, 3.63) is 0 Å². The molecule has 0 rings (SSSR count). The third-order valence-electron chi connectivity index (χ3n) is 1.00. The fraction of sp³-hybridized carbons (Fsp3) is 0.800. The van der Waals surface area contributed by atoms with Crippen molar-refractivity contribution in [3.8, 4) is 0 Å². The first-order chi connectivity index (χ1) is 3.66. The monoisotopic (exact) mass is 116 g/mol. The first-order valence-electron chi connectivity index (χ1n) is 2.72. The van der Waals surface area contributed by atoms with Crippen LogP contribution in [0.4, 0.5) is 4.79 Å². The van der Waals surface area contributed by atoms with E-state index in [-0.39, 0.29) is 6.04 Å². The van der Waals surface area contributed by atoms with Gasteiger partial charge in [0.25, 0.3) is 0 Å². The molecule has 0 aliphatic heterocycles. The van der Waals surface area contributed by atoms with Crippen LogP contribution < -0.4 is 11.1 Å². The van der Waals surface area contributed by atoms with Crippen molar-refractivity contribution in [3.63, 3.8) is 0 Å². The van der Waals surface area contributed by atoms with Crippen LogP contribution in [-0.4, -0.2) is 12.1 Å². The molecule has 0 saturated heterocycles. The van der Waals surface area contributed by atoms with Crippen molar-refractivity contribution in [2.24, 2.45) is 5.73 Å². The number of nitrogens with one attached hydrogen (secondary N) is 1. The SMILES string of the molecule is CC[C@H](C)NC(N)=O. The minimum atomic E-state index is -0.445. The van der Waals surface area contributed by atoms with Gasteiger partial charge < -0.3 is 11.1 Å². The van der Waals surface area contributed by atoms with Crippen LogP contribution in [0.25, 0.3) is 0 Å². The molecule has 0 saturated carbocycles. The van der Waals surface area contributed by atoms with E-state index in [2.05, 4.69) is 5.32 Å². The molecule has 0 aliphatic rings. The molecule has 2 amide bonds. The molecule has 0 aromatic carbocycles. The van der Waals surface area contributed by atoms with Crippen LogP contribution in [-0.2, 0) is 0 Å². The number of carbonyl (C=O) groups excluding carboxylic acids is 1. The minimum Gasteiger partial charge on any atom is -0.352 e. The van der Waals surface area contributed by atoms with Gasteiger partial charge in [-0.05, 0) is 13.3 Å². The second-order valence-electron chi connectivity index (χ2n) is 1.82. The van der Waals surface area contributed by atoms with Gasteiger partial charge in [0.1, 0.15) is 0 Å². The van der Waals surface area contributed by atoms with E-state index < -0.39 is 6.03 Å². The zero-order valence-electron chi connectivity index (χ0n) is 5.27. The fourth-order valence-corrected chi connectivity index (χ4v) is 0.345. The molecule has 8 heavy (non-hydrogen) atoms. The molecule has 0 bridgehead atoms. The Bertz CT molecular complexity index is 82.5. The lowest BCUT2D eigenvalue weighted by Crippen LogP contribution is -2.36. The Hall–Kier alpha value is -0.730. The van der Waals surface area contributed by atoms with Crippen molar-refractivity contribution in [1.82, 2.24) is 5.32 Å². The summed E-state index contributed by atoms with van der Waals surface area (Å²) in [7, 11) is 0. The molecular weight excluding hydrogens is 104 g/mol. The summed E-state index contributed by atoms with van der Waals surface area (Å²) in [5.41, 5.74) is 4.82. The summed E-state index contributed by atoms with van der Waals surface area (Å²) in [6, 6.07) is -0.244. The lowest BCUT2D eigenvalue weighted by Gasteiger charge is -2.06. The Morgan fingerprint density at radius 3 is 2.50 bits per heavy atom. The highest BCUT2D eigenvalue weighted by Crippen LogP contribution is 1.84. The fourth-order valence-electron chi connectivity index (χ4n) is 0.345. The van der Waals surface area contributed by atoms with Crippen LogP contribution >= 0.6 is 0 Å². The summed E-state index contributed by atoms with van der Waals surface area (Å²) in [5.74, 6) is 0. The van der Waals surface area contributed by atoms with Gasteiger partial charge in [-0.15, -0.1) is 0 Å². The summed E-state index contributed by atoms with van der Waals surface area (Å²) in [6.45, 7) is 3.89. The topological polar surface area (TPSA) is 55.1 Å². The minimum absolute atomic E-state index is 0.201. The van der Waals surface area contributed by atoms with Crippen LogP contribution in [0.2, 0.25) is 0 Å². The van der Waals surface area contributed by atoms with Gasteiger partial charge in [-0.1, -0.05) is 6.92 Å². The van der Waals surface area contributed by atoms with Gasteiger partial charge >= 0.3 is 6.03 Å². The standard InChI is InChI=1S/C5H12N2O/c1-3-4(2)7-5(6)8/h4H,3H2,1-2H3,(H3,6,7,8)/t4-/m0/s1. The predicted octanol–water partition coefficient (Wildman–Crippen LogP) is 0.453. The van der Waals surface area contributed by atoms with Crippen LogP contribution in [0.15, 0.2) is 0 Å². The maximum absolute atomic E-state index is 10.1. The van der Waals surface area contributed by atoms with E-state index in [4.69, 9.17) is 5.73 Å². The predicted molar refractivity (Wildman–Crippen MR) is 32.5 cm³/mol. The average Bonchev–Trinajstić information content (AvgIpc) is 1.65. The number of hydrogen-bond donors (Lipinski definition) is 2. The van der Waals surface area contributed by atoms with E-state index in [9.17, 15) is 4.79 Å². The van der Waals surface area contributed by atoms with Gasteiger partial charge in [-0.25, -0.2) is 4.79 Å². The molecule has 0 aliphatic carbocycles. The highest BCUT2D eigenvalue weighted by Gasteiger charge is 1.97. The maximum atomic E-state index is 10.1. The van der Waals surface area contributed by atoms with Gasteiger partial charge in [0.2, 0.25) is 0 Å². The Morgan fingerprint density at radius 1 is 1.88 bits per heavy atom. The van der Waals surface area contributed by atoms with Gasteiger partial charge in [-0.2, -0.15) is 0 Å². The van der Waals surface area contributed by atoms with Crippen molar-refractivity contribution in [2.45, 2.75) is 26.3 Å². The number of urea groups is 1. The largest absolute Gasteiger partial charge is 0.352 e. The van der Waals surface area contributed by atoms with Crippen molar-refractivity contribution in [1.29, 1.82) is 0 Å². The van der Waals surface area contributed by atoms with E-state index in [0.29, 0.717) is 0 Å². The summed E-state index contributed by atoms with van der Waals surface area (Å²) < 4.78 is 0. The molecule has 0 aromatic rings. The van der Waals surface area contributed by atoms with E-state index >= 15 is 0 Å². The Morgan fingerprint density at radius 2 is 2.38 bits per heavy atom. The van der Waals surface area contributed by atoms with Gasteiger partial charge in [0.05, 0.1) is 0 Å². The molecule has 0 spiro atoms. The molecule has 1 atom stereocenters. The maximum Gasteiger partial charge on any atom is 0.312 e. The van der Waals surface area contributed by atoms with Crippen LogP contribution in [0.5, 0.6) is 0 Å². The molecule has 0 aromatic heterocycles. The number of hydrogen-bond acceptors (Lipinski definition) is 1. The van der Waals surface area contributed by atoms with Crippen molar-refractivity contribution >= 4 is 6.03 Å². The van der Waals surface area contributed by atoms with Crippen LogP contribution in [0.3, 0.4) is 0 Å². The van der Waals surface area contributed by atoms with Gasteiger partial charge in [-0.3, -0.25) is 0 Å². The third-order valence-corrected chi connectivity index (χ3v) is 1.00. The van der Waals surface area contributed by atoms with Crippen molar-refractivity contribution < 1.29 is 4.79 Å². The average molecular weight is 116 g/mol. The zero-order chi connectivity index (χ0) is 6.57. The highest BCUT2D eigenvalue weighted by molar-refractivity contribution is 5.71. The summed E-state index contributed by atoms with van der Waals surface area (Å²) >= 11 is 0. The van der Waals surface area contributed by atoms with Crippen LogP contribution in [0.1, 0.15) is 20.3 Å². The summed E-state index contributed by atoms with van der Waals surface area (Å²) in [5, 5.41) is 2.53. The molecule has 3 N–H and O–H groups in total. The normalized spacial score (nSPS) is 12.8.